The van der Waals surface area contributed by atoms with Gasteiger partial charge in [0.25, 0.3) is 0 Å². The van der Waals surface area contributed by atoms with Gasteiger partial charge in [-0.05, 0) is 51.7 Å². The molecule has 1 saturated carbocycles. The Bertz CT molecular complexity index is 685. The van der Waals surface area contributed by atoms with Crippen molar-refractivity contribution in [1.82, 2.24) is 4.31 Å². The van der Waals surface area contributed by atoms with Crippen LogP contribution in [0.15, 0.2) is 29.2 Å². The second kappa shape index (κ2) is 5.57. The van der Waals surface area contributed by atoms with Gasteiger partial charge in [-0.15, -0.1) is 0 Å². The van der Waals surface area contributed by atoms with Crippen LogP contribution in [0.4, 0.5) is 0 Å². The molecular formula is C18H27NO3S. The summed E-state index contributed by atoms with van der Waals surface area (Å²) >= 11 is 0. The maximum atomic E-state index is 13.1. The zero-order valence-electron chi connectivity index (χ0n) is 14.2. The molecular weight excluding hydrogens is 310 g/mol. The molecule has 1 aliphatic carbocycles. The first-order valence-corrected chi connectivity index (χ1v) is 10.0. The summed E-state index contributed by atoms with van der Waals surface area (Å²) in [5.74, 6) is 0. The van der Waals surface area contributed by atoms with Gasteiger partial charge in [0, 0.05) is 0 Å². The Kier molecular flexibility index (Phi) is 4.10. The van der Waals surface area contributed by atoms with E-state index in [-0.39, 0.29) is 6.04 Å². The van der Waals surface area contributed by atoms with Gasteiger partial charge in [0.1, 0.15) is 0 Å². The summed E-state index contributed by atoms with van der Waals surface area (Å²) in [6.07, 6.45) is 5.04. The third-order valence-corrected chi connectivity index (χ3v) is 7.62. The van der Waals surface area contributed by atoms with E-state index in [1.807, 2.05) is 26.0 Å². The van der Waals surface area contributed by atoms with E-state index in [0.717, 1.165) is 31.2 Å². The molecule has 128 valence electrons. The second-order valence-electron chi connectivity index (χ2n) is 7.43. The van der Waals surface area contributed by atoms with E-state index in [0.29, 0.717) is 17.7 Å². The minimum atomic E-state index is -3.55. The molecule has 1 unspecified atom stereocenters. The van der Waals surface area contributed by atoms with Crippen LogP contribution in [0.3, 0.4) is 0 Å². The lowest BCUT2D eigenvalue weighted by Gasteiger charge is -2.32. The van der Waals surface area contributed by atoms with Crippen LogP contribution < -0.4 is 0 Å². The first-order valence-electron chi connectivity index (χ1n) is 8.59. The molecule has 23 heavy (non-hydrogen) atoms. The number of aliphatic hydroxyl groups is 1. The Morgan fingerprint density at radius 3 is 2.52 bits per heavy atom. The van der Waals surface area contributed by atoms with Crippen molar-refractivity contribution < 1.29 is 13.5 Å². The van der Waals surface area contributed by atoms with Crippen molar-refractivity contribution in [2.75, 3.05) is 0 Å². The minimum Gasteiger partial charge on any atom is -0.388 e. The topological polar surface area (TPSA) is 57.4 Å². The Labute approximate surface area is 139 Å². The van der Waals surface area contributed by atoms with Crippen molar-refractivity contribution in [2.45, 2.75) is 81.4 Å². The average Bonchev–Trinajstić information content (AvgIpc) is 3.15. The highest BCUT2D eigenvalue weighted by atomic mass is 32.2. The first kappa shape index (κ1) is 16.9. The van der Waals surface area contributed by atoms with E-state index >= 15 is 0 Å². The normalized spacial score (nSPS) is 36.5. The van der Waals surface area contributed by atoms with Gasteiger partial charge in [-0.1, -0.05) is 37.5 Å². The Balaban J connectivity index is 1.93. The Morgan fingerprint density at radius 1 is 1.26 bits per heavy atom. The molecule has 0 aromatic heterocycles. The monoisotopic (exact) mass is 337 g/mol. The molecule has 1 heterocycles. The molecule has 0 radical (unpaired) electrons. The van der Waals surface area contributed by atoms with E-state index in [4.69, 9.17) is 0 Å². The molecule has 1 aromatic rings. The van der Waals surface area contributed by atoms with Crippen LogP contribution in [0.5, 0.6) is 0 Å². The van der Waals surface area contributed by atoms with Crippen LogP contribution in [0, 0.1) is 6.92 Å². The molecule has 0 bridgehead atoms. The second-order valence-corrected chi connectivity index (χ2v) is 9.25. The number of aryl methyl sites for hydroxylation is 1. The largest absolute Gasteiger partial charge is 0.388 e. The van der Waals surface area contributed by atoms with Gasteiger partial charge >= 0.3 is 0 Å². The van der Waals surface area contributed by atoms with E-state index in [1.54, 1.807) is 16.4 Å². The number of hydrogen-bond donors (Lipinski definition) is 1. The highest BCUT2D eigenvalue weighted by Gasteiger charge is 2.73. The fraction of sp³-hybridized carbons (Fsp3) is 0.667. The van der Waals surface area contributed by atoms with Crippen molar-refractivity contribution in [3.63, 3.8) is 0 Å². The Hall–Kier alpha value is -0.910. The van der Waals surface area contributed by atoms with Crippen molar-refractivity contribution in [3.05, 3.63) is 29.8 Å². The van der Waals surface area contributed by atoms with E-state index in [2.05, 4.69) is 6.92 Å². The molecule has 1 aromatic carbocycles. The summed E-state index contributed by atoms with van der Waals surface area (Å²) in [6.45, 7) is 6.02. The quantitative estimate of drug-likeness (QED) is 0.839. The lowest BCUT2D eigenvalue weighted by Crippen LogP contribution is -2.42. The summed E-state index contributed by atoms with van der Waals surface area (Å²) in [7, 11) is -3.55. The van der Waals surface area contributed by atoms with Crippen molar-refractivity contribution in [3.8, 4) is 0 Å². The average molecular weight is 337 g/mol. The van der Waals surface area contributed by atoms with Crippen LogP contribution in [0.2, 0.25) is 0 Å². The Morgan fingerprint density at radius 2 is 1.91 bits per heavy atom. The molecule has 4 atom stereocenters. The third-order valence-electron chi connectivity index (χ3n) is 5.60. The fourth-order valence-electron chi connectivity index (χ4n) is 4.31. The van der Waals surface area contributed by atoms with Gasteiger partial charge in [-0.25, -0.2) is 8.42 Å². The number of rotatable bonds is 5. The molecule has 5 heteroatoms. The molecule has 0 spiro atoms. The predicted octanol–water partition coefficient (Wildman–Crippen LogP) is 3.23. The van der Waals surface area contributed by atoms with Gasteiger partial charge in [0.15, 0.2) is 0 Å². The number of fused-ring (bicyclic) bond motifs is 1. The summed E-state index contributed by atoms with van der Waals surface area (Å²) in [5.41, 5.74) is -0.261. The molecule has 1 N–H and O–H groups in total. The summed E-state index contributed by atoms with van der Waals surface area (Å²) in [5, 5.41) is 11.1. The van der Waals surface area contributed by atoms with Crippen LogP contribution in [0.25, 0.3) is 0 Å². The van der Waals surface area contributed by atoms with Crippen molar-refractivity contribution in [1.29, 1.82) is 0 Å². The zero-order valence-corrected chi connectivity index (χ0v) is 15.1. The van der Waals surface area contributed by atoms with E-state index in [9.17, 15) is 13.5 Å². The summed E-state index contributed by atoms with van der Waals surface area (Å²) < 4.78 is 27.7. The van der Waals surface area contributed by atoms with E-state index in [1.165, 1.54) is 0 Å². The lowest BCUT2D eigenvalue weighted by atomic mass is 9.76. The van der Waals surface area contributed by atoms with Crippen LogP contribution >= 0.6 is 0 Å². The van der Waals surface area contributed by atoms with E-state index < -0.39 is 21.2 Å². The molecule has 2 aliphatic rings. The van der Waals surface area contributed by atoms with Crippen molar-refractivity contribution in [2.24, 2.45) is 0 Å². The SMILES string of the molecule is CCCC[C@@]1(O)CCC[C@@]2(C)[C@@H]1N2S(=O)(=O)c1ccc(C)cc1. The van der Waals surface area contributed by atoms with Crippen LogP contribution in [0.1, 0.15) is 57.9 Å². The number of nitrogens with zero attached hydrogens (tertiary/aromatic N) is 1. The highest BCUT2D eigenvalue weighted by Crippen LogP contribution is 2.58. The maximum absolute atomic E-state index is 13.1. The lowest BCUT2D eigenvalue weighted by molar-refractivity contribution is -0.00187. The molecule has 2 fully saturated rings. The third kappa shape index (κ3) is 2.63. The van der Waals surface area contributed by atoms with Crippen molar-refractivity contribution >= 4 is 10.0 Å². The van der Waals surface area contributed by atoms with Gasteiger partial charge in [0.2, 0.25) is 10.0 Å². The number of benzene rings is 1. The standard InChI is InChI=1S/C18H27NO3S/c1-4-5-12-18(20)13-6-11-17(3)16(18)19(17)23(21,22)15-9-7-14(2)8-10-15/h7-10,16,20H,4-6,11-13H2,1-3H3/t16-,17-,18+,19?/m0/s1. The van der Waals surface area contributed by atoms with Crippen LogP contribution in [-0.4, -0.2) is 35.0 Å². The van der Waals surface area contributed by atoms with Gasteiger partial charge < -0.3 is 5.11 Å². The van der Waals surface area contributed by atoms with Crippen LogP contribution in [-0.2, 0) is 10.0 Å². The van der Waals surface area contributed by atoms with Gasteiger partial charge in [-0.3, -0.25) is 0 Å². The molecule has 1 aliphatic heterocycles. The zero-order chi connectivity index (χ0) is 16.9. The first-order chi connectivity index (χ1) is 10.8. The number of hydrogen-bond acceptors (Lipinski definition) is 3. The maximum Gasteiger partial charge on any atom is 0.244 e. The van der Waals surface area contributed by atoms with Gasteiger partial charge in [-0.2, -0.15) is 4.31 Å². The molecule has 4 nitrogen and oxygen atoms in total. The number of unbranched alkanes of at least 4 members (excludes halogenated alkanes) is 1. The molecule has 3 rings (SSSR count). The number of sulfonamides is 1. The summed E-state index contributed by atoms with van der Waals surface area (Å²) in [4.78, 5) is 0.330. The smallest absolute Gasteiger partial charge is 0.244 e. The fourth-order valence-corrected chi connectivity index (χ4v) is 6.41. The summed E-state index contributed by atoms with van der Waals surface area (Å²) in [6, 6.07) is 6.71. The minimum absolute atomic E-state index is 0.276. The highest BCUT2D eigenvalue weighted by molar-refractivity contribution is 7.89. The van der Waals surface area contributed by atoms with Gasteiger partial charge in [0.05, 0.1) is 22.1 Å². The molecule has 0 amide bonds. The molecule has 1 saturated heterocycles. The predicted molar refractivity (Wildman–Crippen MR) is 90.7 cm³/mol.